The monoisotopic (exact) mass is 667 g/mol. The fraction of sp³-hybridized carbons (Fsp3) is 0.0968. The number of fused-ring (bicyclic) bond motifs is 1. The number of ether oxygens (including phenoxy) is 3. The zero-order valence-electron chi connectivity index (χ0n) is 20.4. The van der Waals surface area contributed by atoms with Crippen LogP contribution >= 0.6 is 0 Å². The van der Waals surface area contributed by atoms with E-state index in [0.717, 1.165) is 11.3 Å². The quantitative estimate of drug-likeness (QED) is 0.151. The van der Waals surface area contributed by atoms with Crippen LogP contribution in [0.2, 0.25) is 0 Å². The van der Waals surface area contributed by atoms with Gasteiger partial charge < -0.3 is 24.2 Å². The fourth-order valence-electron chi connectivity index (χ4n) is 3.60. The second-order valence-electron chi connectivity index (χ2n) is 7.47. The van der Waals surface area contributed by atoms with E-state index in [2.05, 4.69) is 40.3 Å². The summed E-state index contributed by atoms with van der Waals surface area (Å²) in [4.78, 5) is 8.72. The van der Waals surface area contributed by atoms with Crippen LogP contribution in [0.25, 0.3) is 33.3 Å². The molecular formula is C31H24N2O3Pt. The SMILES string of the molecule is C#COc1cc(OCC)c[c-]c1-c1cc(OC)ccn1.[Pt+2].[c-]1ccccc1-c1nccc2ccccc12. The third-order valence-corrected chi connectivity index (χ3v) is 5.22. The normalized spacial score (nSPS) is 9.76. The standard InChI is InChI=1S/C16H14NO3.C15H10N.Pt/c1-4-19-13-6-7-14(16(11-13)20-5-2)15-10-12(18-3)8-9-17-15;1-2-7-13(8-3-1)15-14-9-5-4-6-12(14)10-11-16-15;/h2,6,8-11H,4H2,1,3H3;1-7,9-11H;/q2*-1;+2. The molecule has 5 nitrogen and oxygen atoms in total. The van der Waals surface area contributed by atoms with Gasteiger partial charge in [0.15, 0.2) is 0 Å². The molecule has 0 radical (unpaired) electrons. The van der Waals surface area contributed by atoms with Gasteiger partial charge in [-0.15, -0.1) is 48.0 Å². The maximum Gasteiger partial charge on any atom is 2.00 e. The van der Waals surface area contributed by atoms with E-state index in [1.54, 1.807) is 37.6 Å². The third-order valence-electron chi connectivity index (χ3n) is 5.22. The van der Waals surface area contributed by atoms with Crippen LogP contribution in [0.3, 0.4) is 0 Å². The minimum absolute atomic E-state index is 0. The predicted molar refractivity (Wildman–Crippen MR) is 142 cm³/mol. The first-order chi connectivity index (χ1) is 17.7. The molecule has 0 amide bonds. The van der Waals surface area contributed by atoms with Crippen molar-refractivity contribution in [1.29, 1.82) is 0 Å². The molecule has 0 aliphatic heterocycles. The minimum Gasteiger partial charge on any atom is -0.537 e. The summed E-state index contributed by atoms with van der Waals surface area (Å²) in [5.74, 6) is 1.81. The van der Waals surface area contributed by atoms with Crippen LogP contribution in [0.15, 0.2) is 91.3 Å². The van der Waals surface area contributed by atoms with Gasteiger partial charge in [-0.3, -0.25) is 0 Å². The maximum atomic E-state index is 5.40. The summed E-state index contributed by atoms with van der Waals surface area (Å²) in [6, 6.07) is 31.5. The molecule has 0 spiro atoms. The first-order valence-corrected chi connectivity index (χ1v) is 11.4. The summed E-state index contributed by atoms with van der Waals surface area (Å²) >= 11 is 0. The van der Waals surface area contributed by atoms with Gasteiger partial charge in [0.1, 0.15) is 11.9 Å². The van der Waals surface area contributed by atoms with Gasteiger partial charge >= 0.3 is 21.1 Å². The molecule has 0 saturated carbocycles. The zero-order chi connectivity index (χ0) is 25.2. The molecule has 0 saturated heterocycles. The Morgan fingerprint density at radius 3 is 2.49 bits per heavy atom. The van der Waals surface area contributed by atoms with Crippen LogP contribution in [-0.2, 0) is 21.1 Å². The molecule has 6 heteroatoms. The van der Waals surface area contributed by atoms with Crippen molar-refractivity contribution in [3.05, 3.63) is 103 Å². The number of hydrogen-bond acceptors (Lipinski definition) is 5. The predicted octanol–water partition coefficient (Wildman–Crippen LogP) is 6.63. The summed E-state index contributed by atoms with van der Waals surface area (Å²) in [6.07, 6.45) is 10.9. The molecule has 0 bridgehead atoms. The number of hydrogen-bond donors (Lipinski definition) is 0. The molecule has 3 aromatic carbocycles. The molecule has 0 N–H and O–H groups in total. The molecule has 2 aromatic heterocycles. The van der Waals surface area contributed by atoms with E-state index >= 15 is 0 Å². The van der Waals surface area contributed by atoms with Gasteiger partial charge in [0.25, 0.3) is 0 Å². The van der Waals surface area contributed by atoms with E-state index in [9.17, 15) is 0 Å². The van der Waals surface area contributed by atoms with Gasteiger partial charge in [-0.25, -0.2) is 0 Å². The smallest absolute Gasteiger partial charge is 0.537 e. The summed E-state index contributed by atoms with van der Waals surface area (Å²) in [5.41, 5.74) is 3.36. The van der Waals surface area contributed by atoms with E-state index in [-0.39, 0.29) is 21.1 Å². The number of terminal acetylenes is 1. The second-order valence-corrected chi connectivity index (χ2v) is 7.47. The number of benzene rings is 3. The Morgan fingerprint density at radius 1 is 0.919 bits per heavy atom. The van der Waals surface area contributed by atoms with Gasteiger partial charge in [-0.1, -0.05) is 42.3 Å². The largest absolute Gasteiger partial charge is 2.00 e. The molecule has 0 aliphatic carbocycles. The van der Waals surface area contributed by atoms with Crippen LogP contribution in [-0.4, -0.2) is 23.7 Å². The van der Waals surface area contributed by atoms with Crippen molar-refractivity contribution >= 4 is 10.8 Å². The average Bonchev–Trinajstić information content (AvgIpc) is 2.94. The zero-order valence-corrected chi connectivity index (χ0v) is 22.7. The van der Waals surface area contributed by atoms with Crippen LogP contribution in [0.5, 0.6) is 17.2 Å². The number of methoxy groups -OCH3 is 1. The van der Waals surface area contributed by atoms with Gasteiger partial charge in [-0.05, 0) is 47.3 Å². The van der Waals surface area contributed by atoms with E-state index < -0.39 is 0 Å². The van der Waals surface area contributed by atoms with E-state index in [4.69, 9.17) is 20.6 Å². The topological polar surface area (TPSA) is 53.5 Å². The van der Waals surface area contributed by atoms with Gasteiger partial charge in [0.2, 0.25) is 0 Å². The van der Waals surface area contributed by atoms with E-state index in [0.29, 0.717) is 35.1 Å². The second kappa shape index (κ2) is 13.8. The van der Waals surface area contributed by atoms with Crippen molar-refractivity contribution in [3.8, 4) is 52.3 Å². The van der Waals surface area contributed by atoms with Crippen LogP contribution in [0.1, 0.15) is 6.92 Å². The van der Waals surface area contributed by atoms with Crippen molar-refractivity contribution < 1.29 is 35.3 Å². The van der Waals surface area contributed by atoms with Crippen LogP contribution in [0, 0.1) is 24.7 Å². The van der Waals surface area contributed by atoms with Gasteiger partial charge in [-0.2, -0.15) is 0 Å². The Morgan fingerprint density at radius 2 is 1.73 bits per heavy atom. The van der Waals surface area contributed by atoms with Crippen molar-refractivity contribution in [2.75, 3.05) is 13.7 Å². The molecule has 0 aliphatic rings. The van der Waals surface area contributed by atoms with Crippen LogP contribution < -0.4 is 14.2 Å². The number of pyridine rings is 2. The molecule has 5 rings (SSSR count). The Bertz CT molecular complexity index is 1480. The maximum absolute atomic E-state index is 5.40. The molecule has 5 aromatic rings. The molecule has 0 atom stereocenters. The van der Waals surface area contributed by atoms with Crippen molar-refractivity contribution in [2.24, 2.45) is 0 Å². The summed E-state index contributed by atoms with van der Waals surface area (Å²) in [5, 5.41) is 2.39. The summed E-state index contributed by atoms with van der Waals surface area (Å²) in [6.45, 7) is 2.46. The number of aromatic nitrogens is 2. The van der Waals surface area contributed by atoms with Crippen molar-refractivity contribution in [2.45, 2.75) is 6.92 Å². The molecule has 186 valence electrons. The molecular weight excluding hydrogens is 643 g/mol. The average molecular weight is 668 g/mol. The molecule has 0 fully saturated rings. The first kappa shape index (κ1) is 27.5. The van der Waals surface area contributed by atoms with E-state index in [1.165, 1.54) is 10.8 Å². The first-order valence-electron chi connectivity index (χ1n) is 11.4. The summed E-state index contributed by atoms with van der Waals surface area (Å²) in [7, 11) is 1.60. The van der Waals surface area contributed by atoms with Crippen molar-refractivity contribution in [1.82, 2.24) is 9.97 Å². The van der Waals surface area contributed by atoms with E-state index in [1.807, 2.05) is 55.6 Å². The Kier molecular flexibility index (Phi) is 10.3. The molecule has 0 unspecified atom stereocenters. The molecule has 2 heterocycles. The minimum atomic E-state index is 0. The van der Waals surface area contributed by atoms with Crippen LogP contribution in [0.4, 0.5) is 0 Å². The number of rotatable bonds is 6. The molecule has 37 heavy (non-hydrogen) atoms. The fourth-order valence-corrected chi connectivity index (χ4v) is 3.60. The van der Waals surface area contributed by atoms with Gasteiger partial charge in [0.05, 0.1) is 19.5 Å². The Hall–Kier alpha value is -4.13. The van der Waals surface area contributed by atoms with Gasteiger partial charge in [0, 0.05) is 18.1 Å². The number of nitrogens with zero attached hydrogens (tertiary/aromatic N) is 2. The van der Waals surface area contributed by atoms with Crippen molar-refractivity contribution in [3.63, 3.8) is 0 Å². The third kappa shape index (κ3) is 6.97. The Balaban J connectivity index is 0.000000204. The Labute approximate surface area is 231 Å². The summed E-state index contributed by atoms with van der Waals surface area (Å²) < 4.78 is 15.8.